The van der Waals surface area contributed by atoms with Crippen molar-refractivity contribution in [3.63, 3.8) is 0 Å². The van der Waals surface area contributed by atoms with Crippen molar-refractivity contribution >= 4 is 28.3 Å². The summed E-state index contributed by atoms with van der Waals surface area (Å²) in [4.78, 5) is 12.8. The monoisotopic (exact) mass is 591 g/mol. The zero-order chi connectivity index (χ0) is 30.6. The number of nitrogens with zero attached hydrogens (tertiary/aromatic N) is 3. The van der Waals surface area contributed by atoms with E-state index in [0.717, 1.165) is 28.6 Å². The summed E-state index contributed by atoms with van der Waals surface area (Å²) in [6.07, 6.45) is -2.61. The van der Waals surface area contributed by atoms with E-state index in [2.05, 4.69) is 20.8 Å². The van der Waals surface area contributed by atoms with Gasteiger partial charge in [0.25, 0.3) is 0 Å². The summed E-state index contributed by atoms with van der Waals surface area (Å²) < 4.78 is 57.1. The Balaban J connectivity index is 1.32. The van der Waals surface area contributed by atoms with Crippen LogP contribution in [0.5, 0.6) is 17.2 Å². The van der Waals surface area contributed by atoms with Crippen LogP contribution in [0.25, 0.3) is 16.7 Å². The van der Waals surface area contributed by atoms with E-state index >= 15 is 0 Å². The molecule has 0 atom stereocenters. The third-order valence-corrected chi connectivity index (χ3v) is 6.72. The Morgan fingerprint density at radius 2 is 1.63 bits per heavy atom. The molecule has 0 fully saturated rings. The average molecular weight is 592 g/mol. The second-order valence-corrected chi connectivity index (χ2v) is 9.51. The molecule has 1 amide bonds. The highest BCUT2D eigenvalue weighted by Crippen LogP contribution is 2.40. The molecular formula is C31H28F3N5O4. The fraction of sp³-hybridized carbons (Fsp3) is 0.194. The number of carbonyl (C=O) groups excluding carboxylic acids is 1. The Hall–Kier alpha value is -5.26. The first-order chi connectivity index (χ1) is 20.7. The number of fused-ring (bicyclic) bond motifs is 1. The third-order valence-electron chi connectivity index (χ3n) is 6.72. The van der Waals surface area contributed by atoms with Crippen molar-refractivity contribution in [2.75, 3.05) is 26.6 Å². The lowest BCUT2D eigenvalue weighted by atomic mass is 10.1. The largest absolute Gasteiger partial charge is 0.493 e. The molecule has 0 aliphatic carbocycles. The maximum Gasteiger partial charge on any atom is 0.416 e. The van der Waals surface area contributed by atoms with Crippen LogP contribution in [0.3, 0.4) is 0 Å². The van der Waals surface area contributed by atoms with Gasteiger partial charge in [0.15, 0.2) is 23.1 Å². The maximum atomic E-state index is 13.0. The van der Waals surface area contributed by atoms with Gasteiger partial charge in [-0.15, -0.1) is 10.2 Å². The van der Waals surface area contributed by atoms with Gasteiger partial charge in [-0.3, -0.25) is 9.36 Å². The summed E-state index contributed by atoms with van der Waals surface area (Å²) in [6.45, 7) is -0.0206. The highest BCUT2D eigenvalue weighted by Gasteiger charge is 2.30. The molecule has 2 aromatic heterocycles. The Bertz CT molecular complexity index is 1730. The van der Waals surface area contributed by atoms with Crippen molar-refractivity contribution in [2.24, 2.45) is 0 Å². The number of aromatic nitrogens is 3. The second kappa shape index (κ2) is 12.3. The van der Waals surface area contributed by atoms with Crippen molar-refractivity contribution in [2.45, 2.75) is 19.1 Å². The van der Waals surface area contributed by atoms with E-state index in [1.54, 1.807) is 30.3 Å². The standard InChI is InChI=1S/C31H28F3N5O4/c1-41-25-15-22(16-26(42-2)30(25)43-3)36-27-11-12-28(38-37-27)39-18-20(23-9-4-5-10-24(23)39)14-29(40)35-17-19-7-6-8-21(13-19)31(32,33)34/h4-13,15-16,18H,14,17H2,1-3H3,(H,35,40)(H,36,37). The lowest BCUT2D eigenvalue weighted by molar-refractivity contribution is -0.137. The molecule has 0 unspecified atom stereocenters. The topological polar surface area (TPSA) is 99.5 Å². The Kier molecular flexibility index (Phi) is 8.37. The van der Waals surface area contributed by atoms with Crippen molar-refractivity contribution in [1.29, 1.82) is 0 Å². The van der Waals surface area contributed by atoms with Gasteiger partial charge in [0.1, 0.15) is 0 Å². The first kappa shape index (κ1) is 29.2. The number of benzene rings is 3. The molecular weight excluding hydrogens is 563 g/mol. The number of anilines is 2. The molecule has 0 aliphatic rings. The van der Waals surface area contributed by atoms with Gasteiger partial charge in [0.05, 0.1) is 38.8 Å². The van der Waals surface area contributed by atoms with Gasteiger partial charge in [-0.2, -0.15) is 13.2 Å². The molecule has 0 radical (unpaired) electrons. The van der Waals surface area contributed by atoms with Crippen molar-refractivity contribution in [1.82, 2.24) is 20.1 Å². The average Bonchev–Trinajstić information content (AvgIpc) is 3.37. The van der Waals surface area contributed by atoms with Crippen LogP contribution in [-0.4, -0.2) is 42.0 Å². The minimum atomic E-state index is -4.45. The van der Waals surface area contributed by atoms with Crippen LogP contribution in [0.4, 0.5) is 24.7 Å². The first-order valence-electron chi connectivity index (χ1n) is 13.1. The lowest BCUT2D eigenvalue weighted by Crippen LogP contribution is -2.24. The molecule has 5 aromatic rings. The van der Waals surface area contributed by atoms with Crippen LogP contribution < -0.4 is 24.8 Å². The van der Waals surface area contributed by atoms with E-state index in [9.17, 15) is 18.0 Å². The number of hydrogen-bond donors (Lipinski definition) is 2. The molecule has 222 valence electrons. The number of alkyl halides is 3. The van der Waals surface area contributed by atoms with Crippen LogP contribution in [0.2, 0.25) is 0 Å². The third kappa shape index (κ3) is 6.48. The maximum absolute atomic E-state index is 13.0. The quantitative estimate of drug-likeness (QED) is 0.204. The Morgan fingerprint density at radius 1 is 0.884 bits per heavy atom. The molecule has 9 nitrogen and oxygen atoms in total. The van der Waals surface area contributed by atoms with E-state index in [4.69, 9.17) is 14.2 Å². The van der Waals surface area contributed by atoms with Crippen LogP contribution in [0, 0.1) is 0 Å². The Morgan fingerprint density at radius 3 is 2.28 bits per heavy atom. The minimum Gasteiger partial charge on any atom is -0.493 e. The normalized spacial score (nSPS) is 11.3. The van der Waals surface area contributed by atoms with Crippen LogP contribution >= 0.6 is 0 Å². The van der Waals surface area contributed by atoms with Gasteiger partial charge in [0, 0.05) is 35.9 Å². The van der Waals surface area contributed by atoms with Gasteiger partial charge in [-0.05, 0) is 41.5 Å². The summed E-state index contributed by atoms with van der Waals surface area (Å²) in [5.41, 5.74) is 1.82. The number of ether oxygens (including phenoxy) is 3. The summed E-state index contributed by atoms with van der Waals surface area (Å²) in [7, 11) is 4.60. The predicted octanol–water partition coefficient (Wildman–Crippen LogP) is 6.07. The zero-order valence-electron chi connectivity index (χ0n) is 23.5. The van der Waals surface area contributed by atoms with E-state index in [0.29, 0.717) is 40.1 Å². The molecule has 0 bridgehead atoms. The van der Waals surface area contributed by atoms with Crippen LogP contribution in [0.15, 0.2) is 79.0 Å². The first-order valence-corrected chi connectivity index (χ1v) is 13.1. The van der Waals surface area contributed by atoms with E-state index < -0.39 is 11.7 Å². The Labute approximate surface area is 245 Å². The summed E-state index contributed by atoms with van der Waals surface area (Å²) >= 11 is 0. The number of methoxy groups -OCH3 is 3. The second-order valence-electron chi connectivity index (χ2n) is 9.51. The van der Waals surface area contributed by atoms with Gasteiger partial charge < -0.3 is 24.8 Å². The predicted molar refractivity (Wildman–Crippen MR) is 155 cm³/mol. The summed E-state index contributed by atoms with van der Waals surface area (Å²) in [5, 5.41) is 15.4. The number of carbonyl (C=O) groups is 1. The fourth-order valence-electron chi connectivity index (χ4n) is 4.70. The number of halogens is 3. The molecule has 0 saturated carbocycles. The van der Waals surface area contributed by atoms with Crippen molar-refractivity contribution in [3.05, 3.63) is 95.7 Å². The zero-order valence-corrected chi connectivity index (χ0v) is 23.5. The highest BCUT2D eigenvalue weighted by atomic mass is 19.4. The van der Waals surface area contributed by atoms with E-state index in [1.807, 2.05) is 35.0 Å². The number of amides is 1. The van der Waals surface area contributed by atoms with Gasteiger partial charge in [-0.25, -0.2) is 0 Å². The van der Waals surface area contributed by atoms with Gasteiger partial charge >= 0.3 is 6.18 Å². The molecule has 2 N–H and O–H groups in total. The summed E-state index contributed by atoms with van der Waals surface area (Å²) in [5.74, 6) is 2.12. The molecule has 5 rings (SSSR count). The van der Waals surface area contributed by atoms with Gasteiger partial charge in [0.2, 0.25) is 11.7 Å². The minimum absolute atomic E-state index is 0.0206. The number of para-hydroxylation sites is 1. The molecule has 43 heavy (non-hydrogen) atoms. The smallest absolute Gasteiger partial charge is 0.416 e. The van der Waals surface area contributed by atoms with Crippen LogP contribution in [0.1, 0.15) is 16.7 Å². The molecule has 2 heterocycles. The molecule has 0 spiro atoms. The lowest BCUT2D eigenvalue weighted by Gasteiger charge is -2.14. The number of nitrogens with one attached hydrogen (secondary N) is 2. The van der Waals surface area contributed by atoms with Crippen molar-refractivity contribution in [3.8, 4) is 23.1 Å². The highest BCUT2D eigenvalue weighted by molar-refractivity contribution is 5.90. The fourth-order valence-corrected chi connectivity index (χ4v) is 4.70. The van der Waals surface area contributed by atoms with Crippen LogP contribution in [-0.2, 0) is 23.9 Å². The van der Waals surface area contributed by atoms with Gasteiger partial charge in [-0.1, -0.05) is 30.3 Å². The van der Waals surface area contributed by atoms with E-state index in [1.165, 1.54) is 27.4 Å². The van der Waals surface area contributed by atoms with Crippen molar-refractivity contribution < 1.29 is 32.2 Å². The molecule has 0 saturated heterocycles. The van der Waals surface area contributed by atoms with E-state index in [-0.39, 0.29) is 18.9 Å². The molecule has 12 heteroatoms. The summed E-state index contributed by atoms with van der Waals surface area (Å²) in [6, 6.07) is 19.5. The number of rotatable bonds is 10. The SMILES string of the molecule is COc1cc(Nc2ccc(-n3cc(CC(=O)NCc4cccc(C(F)(F)F)c4)c4ccccc43)nn2)cc(OC)c1OC. The molecule has 0 aliphatic heterocycles. The molecule has 3 aromatic carbocycles. The number of hydrogen-bond acceptors (Lipinski definition) is 7.